The van der Waals surface area contributed by atoms with Gasteiger partial charge in [-0.1, -0.05) is 0 Å². The Morgan fingerprint density at radius 2 is 2.47 bits per heavy atom. The molecule has 2 N–H and O–H groups in total. The third kappa shape index (κ3) is 1.20. The van der Waals surface area contributed by atoms with E-state index in [1.54, 1.807) is 12.3 Å². The van der Waals surface area contributed by atoms with Crippen molar-refractivity contribution < 1.29 is 9.90 Å². The number of carbonyl (C=O) groups excluding carboxylic acids is 1. The molecule has 3 rings (SSSR count). The fourth-order valence-electron chi connectivity index (χ4n) is 2.24. The highest BCUT2D eigenvalue weighted by Crippen LogP contribution is 2.34. The largest absolute Gasteiger partial charge is 0.391 e. The molecule has 78 valence electrons. The third-order valence-electron chi connectivity index (χ3n) is 2.90. The molecule has 0 unspecified atom stereocenters. The highest BCUT2D eigenvalue weighted by Gasteiger charge is 2.40. The molecular weight excluding hydrogens is 194 g/mol. The van der Waals surface area contributed by atoms with Crippen LogP contribution in [-0.2, 0) is 4.79 Å². The monoisotopic (exact) mass is 205 g/mol. The molecule has 0 saturated carbocycles. The van der Waals surface area contributed by atoms with Crippen molar-refractivity contribution in [2.75, 3.05) is 16.8 Å². The van der Waals surface area contributed by atoms with Crippen LogP contribution in [0.25, 0.3) is 0 Å². The van der Waals surface area contributed by atoms with Crippen molar-refractivity contribution in [3.63, 3.8) is 0 Å². The van der Waals surface area contributed by atoms with Crippen LogP contribution < -0.4 is 10.2 Å². The highest BCUT2D eigenvalue weighted by atomic mass is 16.3. The summed E-state index contributed by atoms with van der Waals surface area (Å²) in [5.41, 5.74) is 0.729. The van der Waals surface area contributed by atoms with Crippen LogP contribution in [0.2, 0.25) is 0 Å². The molecule has 0 spiro atoms. The molecule has 0 aromatic carbocycles. The number of hydrogen-bond donors (Lipinski definition) is 2. The predicted molar refractivity (Wildman–Crippen MR) is 54.6 cm³/mol. The van der Waals surface area contributed by atoms with Gasteiger partial charge in [-0.2, -0.15) is 0 Å². The third-order valence-corrected chi connectivity index (χ3v) is 2.90. The number of amides is 1. The average Bonchev–Trinajstić information content (AvgIpc) is 2.61. The van der Waals surface area contributed by atoms with E-state index in [9.17, 15) is 9.90 Å². The zero-order valence-electron chi connectivity index (χ0n) is 8.05. The molecule has 3 heterocycles. The number of fused-ring (bicyclic) bond motifs is 3. The number of carbonyl (C=O) groups is 1. The SMILES string of the molecule is O=C1Nc2cccnc2N2C[C@@H](O)C[C@@H]12. The Labute approximate surface area is 86.7 Å². The average molecular weight is 205 g/mol. The van der Waals surface area contributed by atoms with Crippen LogP contribution in [0.5, 0.6) is 0 Å². The summed E-state index contributed by atoms with van der Waals surface area (Å²) in [6.07, 6.45) is 1.74. The molecule has 1 fully saturated rings. The van der Waals surface area contributed by atoms with E-state index in [-0.39, 0.29) is 11.9 Å². The minimum Gasteiger partial charge on any atom is -0.391 e. The Morgan fingerprint density at radius 3 is 3.33 bits per heavy atom. The predicted octanol–water partition coefficient (Wildman–Crippen LogP) is -0.0267. The number of aromatic nitrogens is 1. The van der Waals surface area contributed by atoms with Gasteiger partial charge in [0.05, 0.1) is 11.8 Å². The number of nitrogens with one attached hydrogen (secondary N) is 1. The molecule has 2 aliphatic rings. The van der Waals surface area contributed by atoms with Crippen molar-refractivity contribution in [1.82, 2.24) is 4.98 Å². The summed E-state index contributed by atoms with van der Waals surface area (Å²) >= 11 is 0. The van der Waals surface area contributed by atoms with Crippen molar-refractivity contribution >= 4 is 17.4 Å². The molecule has 0 aliphatic carbocycles. The zero-order valence-corrected chi connectivity index (χ0v) is 8.05. The van der Waals surface area contributed by atoms with E-state index >= 15 is 0 Å². The van der Waals surface area contributed by atoms with Crippen LogP contribution in [0, 0.1) is 0 Å². The lowest BCUT2D eigenvalue weighted by Gasteiger charge is -2.31. The van der Waals surface area contributed by atoms with Gasteiger partial charge >= 0.3 is 0 Å². The summed E-state index contributed by atoms with van der Waals surface area (Å²) in [7, 11) is 0. The van der Waals surface area contributed by atoms with E-state index in [0.29, 0.717) is 13.0 Å². The number of rotatable bonds is 0. The van der Waals surface area contributed by atoms with E-state index < -0.39 is 6.10 Å². The molecular formula is C10H11N3O2. The van der Waals surface area contributed by atoms with Gasteiger partial charge < -0.3 is 15.3 Å². The molecule has 0 radical (unpaired) electrons. The summed E-state index contributed by atoms with van der Waals surface area (Å²) in [4.78, 5) is 17.8. The first kappa shape index (κ1) is 8.67. The zero-order chi connectivity index (χ0) is 10.4. The quantitative estimate of drug-likeness (QED) is 0.624. The standard InChI is InChI=1S/C10H11N3O2/c14-6-4-8-10(15)12-7-2-1-3-11-9(7)13(8)5-6/h1-3,6,8,14H,4-5H2,(H,12,15)/t6-,8-/m0/s1. The van der Waals surface area contributed by atoms with Crippen LogP contribution in [0.4, 0.5) is 11.5 Å². The summed E-state index contributed by atoms with van der Waals surface area (Å²) in [6.45, 7) is 0.488. The second kappa shape index (κ2) is 2.93. The van der Waals surface area contributed by atoms with E-state index in [2.05, 4.69) is 10.3 Å². The Morgan fingerprint density at radius 1 is 1.60 bits per heavy atom. The number of nitrogens with zero attached hydrogens (tertiary/aromatic N) is 2. The number of aliphatic hydroxyl groups excluding tert-OH is 1. The Bertz CT molecular complexity index is 421. The molecule has 2 atom stereocenters. The fourth-order valence-corrected chi connectivity index (χ4v) is 2.24. The van der Waals surface area contributed by atoms with Gasteiger partial charge in [0.25, 0.3) is 0 Å². The Balaban J connectivity index is 2.08. The van der Waals surface area contributed by atoms with Gasteiger partial charge in [-0.3, -0.25) is 4.79 Å². The van der Waals surface area contributed by atoms with Crippen LogP contribution in [0.3, 0.4) is 0 Å². The lowest BCUT2D eigenvalue weighted by molar-refractivity contribution is -0.117. The summed E-state index contributed by atoms with van der Waals surface area (Å²) in [6, 6.07) is 3.34. The molecule has 1 saturated heterocycles. The maximum absolute atomic E-state index is 11.7. The van der Waals surface area contributed by atoms with Crippen molar-refractivity contribution in [3.05, 3.63) is 18.3 Å². The van der Waals surface area contributed by atoms with Crippen molar-refractivity contribution in [2.24, 2.45) is 0 Å². The minimum atomic E-state index is -0.436. The maximum Gasteiger partial charge on any atom is 0.247 e. The first-order valence-corrected chi connectivity index (χ1v) is 4.96. The van der Waals surface area contributed by atoms with Crippen molar-refractivity contribution in [1.29, 1.82) is 0 Å². The van der Waals surface area contributed by atoms with Crippen LogP contribution >= 0.6 is 0 Å². The van der Waals surface area contributed by atoms with Gasteiger partial charge in [0.15, 0.2) is 5.82 Å². The summed E-state index contributed by atoms with van der Waals surface area (Å²) < 4.78 is 0. The van der Waals surface area contributed by atoms with Crippen LogP contribution in [-0.4, -0.2) is 34.7 Å². The van der Waals surface area contributed by atoms with Crippen LogP contribution in [0.1, 0.15) is 6.42 Å². The normalized spacial score (nSPS) is 28.3. The first-order chi connectivity index (χ1) is 7.25. The molecule has 0 bridgehead atoms. The van der Waals surface area contributed by atoms with Gasteiger partial charge in [0.2, 0.25) is 5.91 Å². The molecule has 1 aromatic heterocycles. The number of hydrogen-bond acceptors (Lipinski definition) is 4. The molecule has 5 heteroatoms. The Kier molecular flexibility index (Phi) is 1.70. The van der Waals surface area contributed by atoms with Gasteiger partial charge in [0, 0.05) is 19.2 Å². The summed E-state index contributed by atoms with van der Waals surface area (Å²) in [5, 5.41) is 12.4. The van der Waals surface area contributed by atoms with E-state index in [1.807, 2.05) is 11.0 Å². The Hall–Kier alpha value is -1.62. The van der Waals surface area contributed by atoms with Crippen molar-refractivity contribution in [2.45, 2.75) is 18.6 Å². The smallest absolute Gasteiger partial charge is 0.247 e. The van der Waals surface area contributed by atoms with E-state index in [1.165, 1.54) is 0 Å². The van der Waals surface area contributed by atoms with Crippen molar-refractivity contribution in [3.8, 4) is 0 Å². The topological polar surface area (TPSA) is 65.5 Å². The van der Waals surface area contributed by atoms with Gasteiger partial charge in [-0.25, -0.2) is 4.98 Å². The van der Waals surface area contributed by atoms with E-state index in [0.717, 1.165) is 11.5 Å². The number of pyridine rings is 1. The fraction of sp³-hybridized carbons (Fsp3) is 0.400. The number of aliphatic hydroxyl groups is 1. The van der Waals surface area contributed by atoms with Gasteiger partial charge in [-0.15, -0.1) is 0 Å². The minimum absolute atomic E-state index is 0.0490. The second-order valence-electron chi connectivity index (χ2n) is 3.92. The first-order valence-electron chi connectivity index (χ1n) is 4.96. The second-order valence-corrected chi connectivity index (χ2v) is 3.92. The lowest BCUT2D eigenvalue weighted by atomic mass is 10.1. The van der Waals surface area contributed by atoms with Gasteiger partial charge in [0.1, 0.15) is 6.04 Å². The van der Waals surface area contributed by atoms with Gasteiger partial charge in [-0.05, 0) is 12.1 Å². The molecule has 1 aromatic rings. The molecule has 5 nitrogen and oxygen atoms in total. The molecule has 15 heavy (non-hydrogen) atoms. The maximum atomic E-state index is 11.7. The van der Waals surface area contributed by atoms with Crippen LogP contribution in [0.15, 0.2) is 18.3 Å². The highest BCUT2D eigenvalue weighted by molar-refractivity contribution is 6.03. The molecule has 2 aliphatic heterocycles. The van der Waals surface area contributed by atoms with E-state index in [4.69, 9.17) is 0 Å². The number of anilines is 2. The molecule has 1 amide bonds. The summed E-state index contributed by atoms with van der Waals surface area (Å²) in [5.74, 6) is 0.714. The lowest BCUT2D eigenvalue weighted by Crippen LogP contribution is -2.44.